The fourth-order valence-electron chi connectivity index (χ4n) is 4.33. The molecule has 8 atom stereocenters. The fourth-order valence-corrected chi connectivity index (χ4v) is 4.33. The van der Waals surface area contributed by atoms with Crippen LogP contribution in [0.3, 0.4) is 0 Å². The summed E-state index contributed by atoms with van der Waals surface area (Å²) >= 11 is 0. The molecule has 0 aromatic carbocycles. The second-order valence-corrected chi connectivity index (χ2v) is 8.94. The monoisotopic (exact) mass is 527 g/mol. The van der Waals surface area contributed by atoms with Gasteiger partial charge in [-0.2, -0.15) is 0 Å². The molecule has 8 unspecified atom stereocenters. The third kappa shape index (κ3) is 5.74. The third-order valence-electron chi connectivity index (χ3n) is 6.29. The average Bonchev–Trinajstić information content (AvgIpc) is 3.14. The van der Waals surface area contributed by atoms with Gasteiger partial charge in [0.05, 0.1) is 0 Å². The molecule has 0 saturated carbocycles. The first-order valence-corrected chi connectivity index (χ1v) is 11.6. The van der Waals surface area contributed by atoms with E-state index >= 15 is 0 Å². The summed E-state index contributed by atoms with van der Waals surface area (Å²) in [5, 5.41) is 43.3. The van der Waals surface area contributed by atoms with Crippen molar-refractivity contribution >= 4 is 11.8 Å². The van der Waals surface area contributed by atoms with Gasteiger partial charge in [-0.25, -0.2) is 9.80 Å². The lowest BCUT2D eigenvalue weighted by atomic mass is 10.0. The Morgan fingerprint density at radius 1 is 1.11 bits per heavy atom. The van der Waals surface area contributed by atoms with Gasteiger partial charge < -0.3 is 40.4 Å². The third-order valence-corrected chi connectivity index (χ3v) is 6.29. The van der Waals surface area contributed by atoms with Crippen LogP contribution in [0, 0.1) is 0 Å². The molecule has 16 nitrogen and oxygen atoms in total. The van der Waals surface area contributed by atoms with E-state index in [9.17, 15) is 39.6 Å². The maximum Gasteiger partial charge on any atom is 0.330 e. The van der Waals surface area contributed by atoms with E-state index in [1.54, 1.807) is 5.01 Å². The van der Waals surface area contributed by atoms with Crippen molar-refractivity contribution in [3.05, 3.63) is 44.9 Å². The van der Waals surface area contributed by atoms with Crippen LogP contribution in [0.25, 0.3) is 0 Å². The number of carbonyl (C=O) groups is 2. The molecule has 3 aliphatic heterocycles. The first-order valence-electron chi connectivity index (χ1n) is 11.6. The minimum absolute atomic E-state index is 0.387. The second-order valence-electron chi connectivity index (χ2n) is 8.94. The predicted molar refractivity (Wildman–Crippen MR) is 120 cm³/mol. The molecule has 16 heteroatoms. The van der Waals surface area contributed by atoms with Crippen molar-refractivity contribution in [2.75, 3.05) is 13.1 Å². The van der Waals surface area contributed by atoms with Gasteiger partial charge in [-0.05, 0) is 18.9 Å². The van der Waals surface area contributed by atoms with E-state index in [1.165, 1.54) is 0 Å². The number of nitrogens with two attached hydrogens (primary N) is 1. The summed E-state index contributed by atoms with van der Waals surface area (Å²) in [4.78, 5) is 50.3. The number of nitrogens with one attached hydrogen (secondary N) is 2. The quantitative estimate of drug-likeness (QED) is 0.178. The van der Waals surface area contributed by atoms with Crippen LogP contribution in [0.15, 0.2) is 33.7 Å². The van der Waals surface area contributed by atoms with Gasteiger partial charge in [-0.3, -0.25) is 29.4 Å². The van der Waals surface area contributed by atoms with E-state index in [2.05, 4.69) is 5.43 Å². The SMILES string of the molecule is NC(=O)C(OC1OC(C(=O)NN2CCCCC2)=CC(O)C1O)C1OC(n2ccc(=O)[nH]c2=O)C(O)C1O. The highest BCUT2D eigenvalue weighted by Crippen LogP contribution is 2.32. The van der Waals surface area contributed by atoms with Gasteiger partial charge in [0, 0.05) is 25.4 Å². The Kier molecular flexibility index (Phi) is 8.08. The molecular formula is C21H29N5O11. The number of piperidine rings is 1. The van der Waals surface area contributed by atoms with E-state index in [-0.39, 0.29) is 5.76 Å². The zero-order valence-electron chi connectivity index (χ0n) is 19.5. The van der Waals surface area contributed by atoms with Gasteiger partial charge in [-0.1, -0.05) is 6.42 Å². The van der Waals surface area contributed by atoms with Crippen LogP contribution in [-0.4, -0.2) is 103 Å². The molecule has 0 radical (unpaired) electrons. The Hall–Kier alpha value is -3.12. The zero-order valence-corrected chi connectivity index (χ0v) is 19.5. The number of rotatable bonds is 7. The highest BCUT2D eigenvalue weighted by Gasteiger charge is 2.51. The van der Waals surface area contributed by atoms with E-state index in [0.717, 1.165) is 42.2 Å². The number of nitrogens with zero attached hydrogens (tertiary/aromatic N) is 2. The highest BCUT2D eigenvalue weighted by atomic mass is 16.7. The van der Waals surface area contributed by atoms with Crippen molar-refractivity contribution in [3.63, 3.8) is 0 Å². The molecule has 204 valence electrons. The van der Waals surface area contributed by atoms with Gasteiger partial charge in [0.1, 0.15) is 30.5 Å². The molecule has 0 spiro atoms. The molecule has 3 aliphatic rings. The first kappa shape index (κ1) is 26.9. The van der Waals surface area contributed by atoms with Gasteiger partial charge in [-0.15, -0.1) is 0 Å². The molecular weight excluding hydrogens is 498 g/mol. The number of aliphatic hydroxyl groups is 4. The Balaban J connectivity index is 1.49. The van der Waals surface area contributed by atoms with Gasteiger partial charge in [0.15, 0.2) is 18.1 Å². The predicted octanol–water partition coefficient (Wildman–Crippen LogP) is -4.49. The minimum Gasteiger partial charge on any atom is -0.456 e. The molecule has 2 amide bonds. The molecule has 37 heavy (non-hydrogen) atoms. The number of aromatic amines is 1. The molecule has 1 aromatic heterocycles. The van der Waals surface area contributed by atoms with Gasteiger partial charge >= 0.3 is 11.6 Å². The smallest absolute Gasteiger partial charge is 0.330 e. The summed E-state index contributed by atoms with van der Waals surface area (Å²) in [6, 6.07) is 0.982. The molecule has 2 saturated heterocycles. The van der Waals surface area contributed by atoms with Gasteiger partial charge in [0.2, 0.25) is 12.2 Å². The largest absolute Gasteiger partial charge is 0.456 e. The first-order chi connectivity index (χ1) is 17.6. The normalized spacial score (nSPS) is 33.3. The zero-order chi connectivity index (χ0) is 26.9. The summed E-state index contributed by atoms with van der Waals surface area (Å²) in [5.41, 5.74) is 6.39. The Morgan fingerprint density at radius 2 is 1.81 bits per heavy atom. The van der Waals surface area contributed by atoms with Crippen LogP contribution >= 0.6 is 0 Å². The molecule has 4 rings (SSSR count). The van der Waals surface area contributed by atoms with Crippen LogP contribution in [-0.2, 0) is 23.8 Å². The van der Waals surface area contributed by atoms with Crippen LogP contribution in [0.1, 0.15) is 25.5 Å². The van der Waals surface area contributed by atoms with Crippen LogP contribution in [0.5, 0.6) is 0 Å². The maximum absolute atomic E-state index is 12.6. The number of hydrazine groups is 1. The molecule has 1 aromatic rings. The van der Waals surface area contributed by atoms with Gasteiger partial charge in [0.25, 0.3) is 5.56 Å². The standard InChI is InChI=1S/C21H29N5O11/c22-17(32)16(15-13(30)14(31)19(36-15)26-7-4-11(28)23-21(26)34)37-20-12(29)9(27)8-10(35-20)18(33)24-25-5-2-1-3-6-25/h4,7-9,12-16,19-20,27,29-31H,1-3,5-6H2,(H2,22,32)(H,24,33)(H,23,28,34). The maximum atomic E-state index is 12.6. The summed E-state index contributed by atoms with van der Waals surface area (Å²) < 4.78 is 17.2. The molecule has 4 heterocycles. The molecule has 8 N–H and O–H groups in total. The Labute approximate surface area is 208 Å². The summed E-state index contributed by atoms with van der Waals surface area (Å²) in [6.07, 6.45) is -9.05. The van der Waals surface area contributed by atoms with E-state index in [4.69, 9.17) is 19.9 Å². The highest BCUT2D eigenvalue weighted by molar-refractivity contribution is 5.91. The Morgan fingerprint density at radius 3 is 2.46 bits per heavy atom. The van der Waals surface area contributed by atoms with Crippen molar-refractivity contribution < 1.29 is 44.2 Å². The number of aromatic nitrogens is 2. The minimum atomic E-state index is -1.87. The lowest BCUT2D eigenvalue weighted by Gasteiger charge is -2.35. The van der Waals surface area contributed by atoms with Crippen LogP contribution < -0.4 is 22.4 Å². The van der Waals surface area contributed by atoms with E-state index in [1.807, 2.05) is 4.98 Å². The number of H-pyrrole nitrogens is 1. The summed E-state index contributed by atoms with van der Waals surface area (Å²) in [5.74, 6) is -2.31. The lowest BCUT2D eigenvalue weighted by Crippen LogP contribution is -2.54. The number of amides is 2. The number of ether oxygens (including phenoxy) is 3. The van der Waals surface area contributed by atoms with E-state index < -0.39 is 72.2 Å². The van der Waals surface area contributed by atoms with Crippen molar-refractivity contribution in [1.29, 1.82) is 0 Å². The average molecular weight is 527 g/mol. The second kappa shape index (κ2) is 11.1. The summed E-state index contributed by atoms with van der Waals surface area (Å²) in [6.45, 7) is 1.24. The number of aliphatic hydroxyl groups excluding tert-OH is 4. The summed E-state index contributed by atoms with van der Waals surface area (Å²) in [7, 11) is 0. The van der Waals surface area contributed by atoms with Crippen molar-refractivity contribution in [2.45, 2.75) is 68.4 Å². The van der Waals surface area contributed by atoms with Crippen LogP contribution in [0.4, 0.5) is 0 Å². The molecule has 0 bridgehead atoms. The number of carbonyl (C=O) groups excluding carboxylic acids is 2. The van der Waals surface area contributed by atoms with Crippen LogP contribution in [0.2, 0.25) is 0 Å². The number of hydrogen-bond acceptors (Lipinski definition) is 12. The molecule has 2 fully saturated rings. The fraction of sp³-hybridized carbons (Fsp3) is 0.619. The Bertz CT molecular complexity index is 1150. The number of primary amides is 1. The lowest BCUT2D eigenvalue weighted by molar-refractivity contribution is -0.241. The van der Waals surface area contributed by atoms with E-state index in [0.29, 0.717) is 13.1 Å². The van der Waals surface area contributed by atoms with Crippen molar-refractivity contribution in [2.24, 2.45) is 5.73 Å². The molecule has 0 aliphatic carbocycles. The number of hydrogen-bond donors (Lipinski definition) is 7. The topological polar surface area (TPSA) is 239 Å². The van der Waals surface area contributed by atoms with Crippen molar-refractivity contribution in [3.8, 4) is 0 Å². The van der Waals surface area contributed by atoms with Crippen molar-refractivity contribution in [1.82, 2.24) is 20.0 Å².